The van der Waals surface area contributed by atoms with Gasteiger partial charge in [0.05, 0.1) is 24.7 Å². The second kappa shape index (κ2) is 5.81. The zero-order valence-electron chi connectivity index (χ0n) is 10.4. The van der Waals surface area contributed by atoms with Crippen molar-refractivity contribution in [2.45, 2.75) is 0 Å². The molecule has 2 aromatic heterocycles. The minimum absolute atomic E-state index is 0.0611. The molecule has 6 heteroatoms. The number of carbonyl (C=O) groups is 2. The minimum atomic E-state index is -0.341. The quantitative estimate of drug-likeness (QED) is 0.900. The van der Waals surface area contributed by atoms with E-state index in [-0.39, 0.29) is 24.1 Å². The summed E-state index contributed by atoms with van der Waals surface area (Å²) < 4.78 is 4.98. The van der Waals surface area contributed by atoms with Crippen LogP contribution in [0.25, 0.3) is 0 Å². The van der Waals surface area contributed by atoms with Crippen molar-refractivity contribution in [2.75, 3.05) is 18.9 Å². The van der Waals surface area contributed by atoms with Crippen molar-refractivity contribution in [1.82, 2.24) is 9.88 Å². The molecule has 1 N–H and O–H groups in total. The summed E-state index contributed by atoms with van der Waals surface area (Å²) in [7, 11) is 1.54. The Morgan fingerprint density at radius 1 is 1.37 bits per heavy atom. The summed E-state index contributed by atoms with van der Waals surface area (Å²) in [5.74, 6) is -0.432. The Hall–Kier alpha value is -2.63. The molecule has 2 amide bonds. The fourth-order valence-corrected chi connectivity index (χ4v) is 1.51. The molecule has 98 valence electrons. The minimum Gasteiger partial charge on any atom is -0.459 e. The molecule has 0 fully saturated rings. The topological polar surface area (TPSA) is 75.4 Å². The van der Waals surface area contributed by atoms with E-state index in [0.29, 0.717) is 5.69 Å². The summed E-state index contributed by atoms with van der Waals surface area (Å²) >= 11 is 0. The third-order valence-corrected chi connectivity index (χ3v) is 2.40. The van der Waals surface area contributed by atoms with E-state index in [1.54, 1.807) is 30.5 Å². The van der Waals surface area contributed by atoms with Crippen molar-refractivity contribution in [3.8, 4) is 0 Å². The van der Waals surface area contributed by atoms with E-state index in [9.17, 15) is 9.59 Å². The van der Waals surface area contributed by atoms with Crippen LogP contribution < -0.4 is 5.32 Å². The second-order valence-corrected chi connectivity index (χ2v) is 3.93. The van der Waals surface area contributed by atoms with Crippen molar-refractivity contribution in [3.05, 3.63) is 48.7 Å². The normalized spacial score (nSPS) is 9.95. The van der Waals surface area contributed by atoms with Gasteiger partial charge in [0, 0.05) is 13.2 Å². The molecule has 0 aliphatic rings. The maximum atomic E-state index is 11.8. The summed E-state index contributed by atoms with van der Waals surface area (Å²) in [5.41, 5.74) is 0.589. The first-order chi connectivity index (χ1) is 9.16. The standard InChI is InChI=1S/C13H13N3O3/c1-16(13(18)11-5-3-7-19-11)9-12(17)15-10-4-2-6-14-8-10/h2-8H,9H2,1H3,(H,15,17). The number of nitrogens with one attached hydrogen (secondary N) is 1. The lowest BCUT2D eigenvalue weighted by Gasteiger charge is -2.15. The lowest BCUT2D eigenvalue weighted by atomic mass is 10.3. The molecule has 0 bridgehead atoms. The Morgan fingerprint density at radius 2 is 2.21 bits per heavy atom. The van der Waals surface area contributed by atoms with Gasteiger partial charge in [-0.15, -0.1) is 0 Å². The van der Waals surface area contributed by atoms with Crippen molar-refractivity contribution in [1.29, 1.82) is 0 Å². The van der Waals surface area contributed by atoms with Gasteiger partial charge >= 0.3 is 0 Å². The zero-order chi connectivity index (χ0) is 13.7. The van der Waals surface area contributed by atoms with E-state index < -0.39 is 0 Å². The number of carbonyl (C=O) groups excluding carboxylic acids is 2. The molecular formula is C13H13N3O3. The first-order valence-corrected chi connectivity index (χ1v) is 5.65. The van der Waals surface area contributed by atoms with Gasteiger partial charge in [0.15, 0.2) is 5.76 Å². The summed E-state index contributed by atoms with van der Waals surface area (Å²) in [6.07, 6.45) is 4.56. The molecule has 0 saturated carbocycles. The molecule has 6 nitrogen and oxygen atoms in total. The Kier molecular flexibility index (Phi) is 3.92. The number of pyridine rings is 1. The second-order valence-electron chi connectivity index (χ2n) is 3.93. The molecule has 0 unspecified atom stereocenters. The largest absolute Gasteiger partial charge is 0.459 e. The van der Waals surface area contributed by atoms with Gasteiger partial charge in [-0.3, -0.25) is 14.6 Å². The number of furan rings is 1. The third kappa shape index (κ3) is 3.41. The van der Waals surface area contributed by atoms with Gasteiger partial charge in [0.2, 0.25) is 5.91 Å². The number of aromatic nitrogens is 1. The number of likely N-dealkylation sites (N-methyl/N-ethyl adjacent to an activating group) is 1. The monoisotopic (exact) mass is 259 g/mol. The van der Waals surface area contributed by atoms with E-state index in [1.165, 1.54) is 24.4 Å². The number of hydrogen-bond acceptors (Lipinski definition) is 4. The van der Waals surface area contributed by atoms with Gasteiger partial charge in [-0.2, -0.15) is 0 Å². The predicted octanol–water partition coefficient (Wildman–Crippen LogP) is 1.39. The molecule has 2 aromatic rings. The Morgan fingerprint density at radius 3 is 2.84 bits per heavy atom. The van der Waals surface area contributed by atoms with Crippen LogP contribution in [-0.4, -0.2) is 35.3 Å². The highest BCUT2D eigenvalue weighted by molar-refractivity contribution is 5.97. The van der Waals surface area contributed by atoms with Crippen molar-refractivity contribution >= 4 is 17.5 Å². The highest BCUT2D eigenvalue weighted by Crippen LogP contribution is 2.05. The Balaban J connectivity index is 1.90. The average Bonchev–Trinajstić information content (AvgIpc) is 2.92. The van der Waals surface area contributed by atoms with E-state index in [0.717, 1.165) is 0 Å². The fraction of sp³-hybridized carbons (Fsp3) is 0.154. The molecule has 0 saturated heterocycles. The van der Waals surface area contributed by atoms with Gasteiger partial charge in [0.1, 0.15) is 0 Å². The molecule has 2 heterocycles. The molecule has 19 heavy (non-hydrogen) atoms. The Bertz CT molecular complexity index is 552. The van der Waals surface area contributed by atoms with Crippen LogP contribution in [-0.2, 0) is 4.79 Å². The predicted molar refractivity (Wildman–Crippen MR) is 68.5 cm³/mol. The smallest absolute Gasteiger partial charge is 0.289 e. The first-order valence-electron chi connectivity index (χ1n) is 5.65. The van der Waals surface area contributed by atoms with Crippen LogP contribution in [0.4, 0.5) is 5.69 Å². The van der Waals surface area contributed by atoms with Crippen molar-refractivity contribution in [3.63, 3.8) is 0 Å². The van der Waals surface area contributed by atoms with E-state index in [2.05, 4.69) is 10.3 Å². The van der Waals surface area contributed by atoms with Crippen LogP contribution in [0.5, 0.6) is 0 Å². The number of rotatable bonds is 4. The first kappa shape index (κ1) is 12.8. The summed E-state index contributed by atoms with van der Waals surface area (Å²) in [5, 5.41) is 2.65. The molecule has 0 aliphatic heterocycles. The van der Waals surface area contributed by atoms with Crippen LogP contribution in [0.1, 0.15) is 10.6 Å². The lowest BCUT2D eigenvalue weighted by molar-refractivity contribution is -0.116. The van der Waals surface area contributed by atoms with Crippen LogP contribution >= 0.6 is 0 Å². The van der Waals surface area contributed by atoms with Gasteiger partial charge in [-0.1, -0.05) is 0 Å². The molecule has 0 radical (unpaired) electrons. The summed E-state index contributed by atoms with van der Waals surface area (Å²) in [4.78, 5) is 28.7. The molecule has 2 rings (SSSR count). The van der Waals surface area contributed by atoms with Crippen LogP contribution in [0, 0.1) is 0 Å². The van der Waals surface area contributed by atoms with Gasteiger partial charge in [-0.25, -0.2) is 0 Å². The fourth-order valence-electron chi connectivity index (χ4n) is 1.51. The number of amides is 2. The lowest BCUT2D eigenvalue weighted by Crippen LogP contribution is -2.34. The van der Waals surface area contributed by atoms with E-state index in [4.69, 9.17) is 4.42 Å². The van der Waals surface area contributed by atoms with Gasteiger partial charge in [0.25, 0.3) is 5.91 Å². The van der Waals surface area contributed by atoms with E-state index >= 15 is 0 Å². The van der Waals surface area contributed by atoms with Crippen molar-refractivity contribution in [2.24, 2.45) is 0 Å². The van der Waals surface area contributed by atoms with Crippen LogP contribution in [0.3, 0.4) is 0 Å². The maximum Gasteiger partial charge on any atom is 0.289 e. The third-order valence-electron chi connectivity index (χ3n) is 2.40. The summed E-state index contributed by atoms with van der Waals surface area (Å²) in [6, 6.07) is 6.61. The molecular weight excluding hydrogens is 246 g/mol. The Labute approximate surface area is 110 Å². The highest BCUT2D eigenvalue weighted by atomic mass is 16.3. The number of hydrogen-bond donors (Lipinski definition) is 1. The average molecular weight is 259 g/mol. The summed E-state index contributed by atoms with van der Waals surface area (Å²) in [6.45, 7) is -0.0611. The maximum absolute atomic E-state index is 11.8. The highest BCUT2D eigenvalue weighted by Gasteiger charge is 2.16. The number of nitrogens with zero attached hydrogens (tertiary/aromatic N) is 2. The number of anilines is 1. The van der Waals surface area contributed by atoms with Gasteiger partial charge in [-0.05, 0) is 24.3 Å². The molecule has 0 spiro atoms. The molecule has 0 atom stereocenters. The van der Waals surface area contributed by atoms with Gasteiger partial charge < -0.3 is 14.6 Å². The van der Waals surface area contributed by atoms with E-state index in [1.807, 2.05) is 0 Å². The zero-order valence-corrected chi connectivity index (χ0v) is 10.4. The van der Waals surface area contributed by atoms with Crippen LogP contribution in [0.2, 0.25) is 0 Å². The van der Waals surface area contributed by atoms with Crippen molar-refractivity contribution < 1.29 is 14.0 Å². The molecule has 0 aromatic carbocycles. The SMILES string of the molecule is CN(CC(=O)Nc1cccnc1)C(=O)c1ccco1. The molecule has 0 aliphatic carbocycles. The van der Waals surface area contributed by atoms with Crippen LogP contribution in [0.15, 0.2) is 47.3 Å².